The minimum absolute atomic E-state index is 0.0328. The number of carbonyl (C=O) groups excluding carboxylic acids is 3. The molecule has 2 amide bonds. The lowest BCUT2D eigenvalue weighted by Crippen LogP contribution is -2.28. The number of nitrogens with one attached hydrogen (secondary N) is 2. The standard InChI is InChI=1S/C21H22N2O6/c1-14-4-2-3-5-16(14)21(26)22-9-8-20(25)29-13-19(24)23-15-6-7-17-18(12-15)28-11-10-27-17/h2-7,12H,8-11,13H2,1H3,(H,22,26)(H,23,24). The summed E-state index contributed by atoms with van der Waals surface area (Å²) in [6.45, 7) is 2.47. The van der Waals surface area contributed by atoms with E-state index in [1.54, 1.807) is 30.3 Å². The molecule has 2 aromatic rings. The molecule has 2 aromatic carbocycles. The van der Waals surface area contributed by atoms with Gasteiger partial charge < -0.3 is 24.8 Å². The van der Waals surface area contributed by atoms with Crippen LogP contribution in [0.2, 0.25) is 0 Å². The van der Waals surface area contributed by atoms with Crippen LogP contribution in [0.1, 0.15) is 22.3 Å². The normalized spacial score (nSPS) is 12.0. The summed E-state index contributed by atoms with van der Waals surface area (Å²) in [4.78, 5) is 35.8. The molecule has 0 fully saturated rings. The van der Waals surface area contributed by atoms with Crippen molar-refractivity contribution in [2.45, 2.75) is 13.3 Å². The number of ether oxygens (including phenoxy) is 3. The summed E-state index contributed by atoms with van der Waals surface area (Å²) in [5.41, 5.74) is 1.92. The SMILES string of the molecule is Cc1ccccc1C(=O)NCCC(=O)OCC(=O)Nc1ccc2c(c1)OCCO2. The fourth-order valence-electron chi connectivity index (χ4n) is 2.74. The maximum atomic E-state index is 12.1. The monoisotopic (exact) mass is 398 g/mol. The van der Waals surface area contributed by atoms with Crippen LogP contribution in [-0.4, -0.2) is 44.1 Å². The van der Waals surface area contributed by atoms with Crippen molar-refractivity contribution in [3.05, 3.63) is 53.6 Å². The van der Waals surface area contributed by atoms with Gasteiger partial charge in [0.05, 0.1) is 6.42 Å². The molecule has 0 spiro atoms. The van der Waals surface area contributed by atoms with Gasteiger partial charge in [0, 0.05) is 23.9 Å². The number of hydrogen-bond acceptors (Lipinski definition) is 6. The Labute approximate surface area is 168 Å². The molecule has 1 aliphatic rings. The van der Waals surface area contributed by atoms with Gasteiger partial charge in [0.15, 0.2) is 18.1 Å². The molecule has 29 heavy (non-hydrogen) atoms. The van der Waals surface area contributed by atoms with Crippen molar-refractivity contribution in [2.75, 3.05) is 31.7 Å². The van der Waals surface area contributed by atoms with Crippen molar-refractivity contribution in [2.24, 2.45) is 0 Å². The second-order valence-electron chi connectivity index (χ2n) is 6.39. The fraction of sp³-hybridized carbons (Fsp3) is 0.286. The molecule has 8 nitrogen and oxygen atoms in total. The van der Waals surface area contributed by atoms with E-state index < -0.39 is 18.5 Å². The van der Waals surface area contributed by atoms with Gasteiger partial charge in [-0.25, -0.2) is 0 Å². The first-order valence-corrected chi connectivity index (χ1v) is 9.22. The summed E-state index contributed by atoms with van der Waals surface area (Å²) in [5, 5.41) is 5.29. The summed E-state index contributed by atoms with van der Waals surface area (Å²) in [6, 6.07) is 12.2. The van der Waals surface area contributed by atoms with Crippen molar-refractivity contribution in [1.82, 2.24) is 5.32 Å². The van der Waals surface area contributed by atoms with Crippen LogP contribution in [0.15, 0.2) is 42.5 Å². The van der Waals surface area contributed by atoms with E-state index in [0.717, 1.165) is 5.56 Å². The Morgan fingerprint density at radius 2 is 1.79 bits per heavy atom. The van der Waals surface area contributed by atoms with Crippen LogP contribution < -0.4 is 20.1 Å². The summed E-state index contributed by atoms with van der Waals surface area (Å²) < 4.78 is 15.8. The third kappa shape index (κ3) is 5.71. The molecular formula is C21H22N2O6. The number of anilines is 1. The van der Waals surface area contributed by atoms with E-state index in [0.29, 0.717) is 36.0 Å². The largest absolute Gasteiger partial charge is 0.486 e. The van der Waals surface area contributed by atoms with Gasteiger partial charge in [-0.1, -0.05) is 18.2 Å². The van der Waals surface area contributed by atoms with E-state index in [1.165, 1.54) is 0 Å². The molecular weight excluding hydrogens is 376 g/mol. The lowest BCUT2D eigenvalue weighted by molar-refractivity contribution is -0.147. The Kier molecular flexibility index (Phi) is 6.67. The predicted molar refractivity (Wildman–Crippen MR) is 105 cm³/mol. The highest BCUT2D eigenvalue weighted by Crippen LogP contribution is 2.32. The van der Waals surface area contributed by atoms with Gasteiger partial charge in [-0.2, -0.15) is 0 Å². The van der Waals surface area contributed by atoms with Crippen LogP contribution in [0.25, 0.3) is 0 Å². The average molecular weight is 398 g/mol. The summed E-state index contributed by atoms with van der Waals surface area (Å²) >= 11 is 0. The Morgan fingerprint density at radius 1 is 1.03 bits per heavy atom. The second-order valence-corrected chi connectivity index (χ2v) is 6.39. The molecule has 0 radical (unpaired) electrons. The summed E-state index contributed by atoms with van der Waals surface area (Å²) in [5.74, 6) is -0.137. The number of fused-ring (bicyclic) bond motifs is 1. The van der Waals surface area contributed by atoms with Gasteiger partial charge in [-0.15, -0.1) is 0 Å². The van der Waals surface area contributed by atoms with E-state index >= 15 is 0 Å². The fourth-order valence-corrected chi connectivity index (χ4v) is 2.74. The molecule has 0 unspecified atom stereocenters. The lowest BCUT2D eigenvalue weighted by Gasteiger charge is -2.19. The van der Waals surface area contributed by atoms with Crippen LogP contribution in [0.5, 0.6) is 11.5 Å². The molecule has 0 bridgehead atoms. The van der Waals surface area contributed by atoms with E-state index in [-0.39, 0.29) is 18.9 Å². The maximum absolute atomic E-state index is 12.1. The smallest absolute Gasteiger partial charge is 0.308 e. The zero-order chi connectivity index (χ0) is 20.6. The van der Waals surface area contributed by atoms with Gasteiger partial charge in [0.25, 0.3) is 11.8 Å². The first-order chi connectivity index (χ1) is 14.0. The first-order valence-electron chi connectivity index (χ1n) is 9.22. The van der Waals surface area contributed by atoms with E-state index in [9.17, 15) is 14.4 Å². The van der Waals surface area contributed by atoms with Gasteiger partial charge in [-0.3, -0.25) is 14.4 Å². The third-order valence-electron chi connectivity index (χ3n) is 4.19. The van der Waals surface area contributed by atoms with Gasteiger partial charge >= 0.3 is 5.97 Å². The zero-order valence-electron chi connectivity index (χ0n) is 16.0. The maximum Gasteiger partial charge on any atom is 0.308 e. The van der Waals surface area contributed by atoms with E-state index in [4.69, 9.17) is 14.2 Å². The first kappa shape index (κ1) is 20.2. The molecule has 0 aliphatic carbocycles. The van der Waals surface area contributed by atoms with Crippen LogP contribution in [0.3, 0.4) is 0 Å². The minimum atomic E-state index is -0.576. The number of esters is 1. The van der Waals surface area contributed by atoms with Gasteiger partial charge in [0.1, 0.15) is 13.2 Å². The van der Waals surface area contributed by atoms with E-state index in [2.05, 4.69) is 10.6 Å². The third-order valence-corrected chi connectivity index (χ3v) is 4.19. The number of benzene rings is 2. The van der Waals surface area contributed by atoms with Crippen LogP contribution >= 0.6 is 0 Å². The lowest BCUT2D eigenvalue weighted by atomic mass is 10.1. The minimum Gasteiger partial charge on any atom is -0.486 e. The van der Waals surface area contributed by atoms with Gasteiger partial charge in [0.2, 0.25) is 0 Å². The highest BCUT2D eigenvalue weighted by molar-refractivity contribution is 5.96. The van der Waals surface area contributed by atoms with Crippen molar-refractivity contribution in [1.29, 1.82) is 0 Å². The second kappa shape index (κ2) is 9.59. The molecule has 0 saturated carbocycles. The highest BCUT2D eigenvalue weighted by atomic mass is 16.6. The van der Waals surface area contributed by atoms with Crippen molar-refractivity contribution < 1.29 is 28.6 Å². The van der Waals surface area contributed by atoms with E-state index in [1.807, 2.05) is 19.1 Å². The molecule has 2 N–H and O–H groups in total. The number of carbonyl (C=O) groups is 3. The van der Waals surface area contributed by atoms with Crippen molar-refractivity contribution >= 4 is 23.5 Å². The summed E-state index contributed by atoms with van der Waals surface area (Å²) in [7, 11) is 0. The number of rotatable bonds is 7. The molecule has 0 saturated heterocycles. The molecule has 3 rings (SSSR count). The summed E-state index contributed by atoms with van der Waals surface area (Å²) in [6.07, 6.45) is -0.0328. The molecule has 152 valence electrons. The van der Waals surface area contributed by atoms with Crippen molar-refractivity contribution in [3.8, 4) is 11.5 Å². The quantitative estimate of drug-likeness (QED) is 0.692. The molecule has 0 atom stereocenters. The highest BCUT2D eigenvalue weighted by Gasteiger charge is 2.14. The van der Waals surface area contributed by atoms with Crippen molar-refractivity contribution in [3.63, 3.8) is 0 Å². The average Bonchev–Trinajstić information content (AvgIpc) is 2.72. The van der Waals surface area contributed by atoms with Crippen LogP contribution in [0.4, 0.5) is 5.69 Å². The number of amides is 2. The Morgan fingerprint density at radius 3 is 2.59 bits per heavy atom. The Bertz CT molecular complexity index is 912. The Balaban J connectivity index is 1.37. The topological polar surface area (TPSA) is 103 Å². The molecule has 1 heterocycles. The predicted octanol–water partition coefficient (Wildman–Crippen LogP) is 2.07. The van der Waals surface area contributed by atoms with Gasteiger partial charge in [-0.05, 0) is 30.7 Å². The number of hydrogen-bond donors (Lipinski definition) is 2. The molecule has 1 aliphatic heterocycles. The molecule has 0 aromatic heterocycles. The Hall–Kier alpha value is -3.55. The number of aryl methyl sites for hydroxylation is 1. The van der Waals surface area contributed by atoms with Crippen LogP contribution in [-0.2, 0) is 14.3 Å². The molecule has 8 heteroatoms. The van der Waals surface area contributed by atoms with Crippen LogP contribution in [0, 0.1) is 6.92 Å². The zero-order valence-corrected chi connectivity index (χ0v) is 16.0.